The van der Waals surface area contributed by atoms with Gasteiger partial charge in [0.2, 0.25) is 0 Å². The van der Waals surface area contributed by atoms with Gasteiger partial charge in [-0.3, -0.25) is 4.79 Å². The summed E-state index contributed by atoms with van der Waals surface area (Å²) in [5.41, 5.74) is 3.86. The summed E-state index contributed by atoms with van der Waals surface area (Å²) >= 11 is 0. The van der Waals surface area contributed by atoms with Gasteiger partial charge in [0.1, 0.15) is 5.69 Å². The van der Waals surface area contributed by atoms with Crippen molar-refractivity contribution in [3.63, 3.8) is 0 Å². The van der Waals surface area contributed by atoms with Gasteiger partial charge in [-0.25, -0.2) is 4.79 Å². The molecule has 3 rings (SSSR count). The Morgan fingerprint density at radius 1 is 1.25 bits per heavy atom. The van der Waals surface area contributed by atoms with E-state index in [0.717, 1.165) is 36.1 Å². The SMILES string of the molecule is CCCCOC(=O)c1[nH]c2c(c1C)C(=O)C[C@H](c1ccccc1)C2. The van der Waals surface area contributed by atoms with Crippen molar-refractivity contribution < 1.29 is 14.3 Å². The number of aromatic nitrogens is 1. The van der Waals surface area contributed by atoms with Crippen LogP contribution in [0, 0.1) is 6.92 Å². The first kappa shape index (κ1) is 16.5. The quantitative estimate of drug-likeness (QED) is 0.662. The van der Waals surface area contributed by atoms with Crippen LogP contribution in [0.4, 0.5) is 0 Å². The number of H-pyrrole nitrogens is 1. The summed E-state index contributed by atoms with van der Waals surface area (Å²) < 4.78 is 5.29. The average Bonchev–Trinajstić information content (AvgIpc) is 2.93. The monoisotopic (exact) mass is 325 g/mol. The number of hydrogen-bond donors (Lipinski definition) is 1. The highest BCUT2D eigenvalue weighted by Gasteiger charge is 2.32. The lowest BCUT2D eigenvalue weighted by molar-refractivity contribution is 0.0492. The van der Waals surface area contributed by atoms with Crippen molar-refractivity contribution in [3.05, 3.63) is 58.4 Å². The molecule has 0 amide bonds. The highest BCUT2D eigenvalue weighted by Crippen LogP contribution is 2.35. The van der Waals surface area contributed by atoms with Crippen molar-refractivity contribution in [2.24, 2.45) is 0 Å². The van der Waals surface area contributed by atoms with Gasteiger partial charge < -0.3 is 9.72 Å². The van der Waals surface area contributed by atoms with Crippen LogP contribution >= 0.6 is 0 Å². The second-order valence-corrected chi connectivity index (χ2v) is 6.41. The molecule has 0 aliphatic heterocycles. The lowest BCUT2D eigenvalue weighted by atomic mass is 9.81. The van der Waals surface area contributed by atoms with Gasteiger partial charge in [0.05, 0.1) is 6.61 Å². The molecule has 1 atom stereocenters. The Kier molecular flexibility index (Phi) is 4.84. The van der Waals surface area contributed by atoms with Gasteiger partial charge in [-0.1, -0.05) is 43.7 Å². The molecular formula is C20H23NO3. The molecule has 2 aromatic rings. The standard InChI is InChI=1S/C20H23NO3/c1-3-4-10-24-20(23)19-13(2)18-16(21-19)11-15(12-17(18)22)14-8-6-5-7-9-14/h5-9,15,21H,3-4,10-12H2,1-2H3/t15-/m1/s1. The van der Waals surface area contributed by atoms with E-state index in [4.69, 9.17) is 4.74 Å². The van der Waals surface area contributed by atoms with E-state index >= 15 is 0 Å². The Bertz CT molecular complexity index is 746. The fourth-order valence-electron chi connectivity index (χ4n) is 3.38. The van der Waals surface area contributed by atoms with Crippen LogP contribution < -0.4 is 0 Å². The van der Waals surface area contributed by atoms with Gasteiger partial charge >= 0.3 is 5.97 Å². The molecule has 0 fully saturated rings. The van der Waals surface area contributed by atoms with E-state index in [1.54, 1.807) is 0 Å². The molecule has 0 spiro atoms. The van der Waals surface area contributed by atoms with E-state index in [1.165, 1.54) is 0 Å². The molecule has 0 saturated heterocycles. The Morgan fingerprint density at radius 2 is 2.00 bits per heavy atom. The summed E-state index contributed by atoms with van der Waals surface area (Å²) in [7, 11) is 0. The number of carbonyl (C=O) groups is 2. The number of unbranched alkanes of at least 4 members (excludes halogenated alkanes) is 1. The topological polar surface area (TPSA) is 59.2 Å². The summed E-state index contributed by atoms with van der Waals surface area (Å²) in [6.07, 6.45) is 3.05. The van der Waals surface area contributed by atoms with Crippen LogP contribution in [-0.4, -0.2) is 23.3 Å². The number of Topliss-reactive ketones (excluding diaryl/α,β-unsaturated/α-hetero) is 1. The minimum atomic E-state index is -0.362. The number of aromatic amines is 1. The third-order valence-corrected chi connectivity index (χ3v) is 4.69. The Balaban J connectivity index is 1.84. The summed E-state index contributed by atoms with van der Waals surface area (Å²) in [5.74, 6) is -0.0981. The lowest BCUT2D eigenvalue weighted by Crippen LogP contribution is -2.18. The van der Waals surface area contributed by atoms with E-state index in [9.17, 15) is 9.59 Å². The van der Waals surface area contributed by atoms with Crippen LogP contribution in [0.1, 0.15) is 69.8 Å². The number of ether oxygens (including phenoxy) is 1. The van der Waals surface area contributed by atoms with Gasteiger partial charge in [-0.05, 0) is 36.8 Å². The van der Waals surface area contributed by atoms with Crippen LogP contribution in [0.15, 0.2) is 30.3 Å². The van der Waals surface area contributed by atoms with Gasteiger partial charge in [0.15, 0.2) is 5.78 Å². The van der Waals surface area contributed by atoms with Crippen LogP contribution in [0.2, 0.25) is 0 Å². The minimum absolute atomic E-state index is 0.103. The largest absolute Gasteiger partial charge is 0.461 e. The minimum Gasteiger partial charge on any atom is -0.461 e. The molecule has 0 radical (unpaired) electrons. The van der Waals surface area contributed by atoms with Crippen molar-refractivity contribution in [2.75, 3.05) is 6.61 Å². The number of benzene rings is 1. The molecule has 0 unspecified atom stereocenters. The first-order valence-electron chi connectivity index (χ1n) is 8.58. The third-order valence-electron chi connectivity index (χ3n) is 4.69. The average molecular weight is 325 g/mol. The van der Waals surface area contributed by atoms with E-state index in [-0.39, 0.29) is 17.7 Å². The van der Waals surface area contributed by atoms with E-state index in [2.05, 4.69) is 24.0 Å². The predicted octanol–water partition coefficient (Wildman–Crippen LogP) is 4.19. The van der Waals surface area contributed by atoms with Gasteiger partial charge in [-0.2, -0.15) is 0 Å². The third kappa shape index (κ3) is 3.14. The maximum Gasteiger partial charge on any atom is 0.355 e. The maximum atomic E-state index is 12.6. The number of esters is 1. The summed E-state index contributed by atoms with van der Waals surface area (Å²) in [4.78, 5) is 28.0. The fourth-order valence-corrected chi connectivity index (χ4v) is 3.38. The highest BCUT2D eigenvalue weighted by atomic mass is 16.5. The van der Waals surface area contributed by atoms with Crippen LogP contribution in [0.5, 0.6) is 0 Å². The van der Waals surface area contributed by atoms with E-state index < -0.39 is 0 Å². The first-order chi connectivity index (χ1) is 11.6. The molecule has 1 heterocycles. The Morgan fingerprint density at radius 3 is 2.71 bits per heavy atom. The molecule has 4 nitrogen and oxygen atoms in total. The predicted molar refractivity (Wildman–Crippen MR) is 92.6 cm³/mol. The van der Waals surface area contributed by atoms with Crippen molar-refractivity contribution in [3.8, 4) is 0 Å². The van der Waals surface area contributed by atoms with Crippen molar-refractivity contribution in [1.29, 1.82) is 0 Å². The first-order valence-corrected chi connectivity index (χ1v) is 8.58. The summed E-state index contributed by atoms with van der Waals surface area (Å²) in [5, 5.41) is 0. The zero-order valence-electron chi connectivity index (χ0n) is 14.2. The zero-order chi connectivity index (χ0) is 17.1. The number of nitrogens with one attached hydrogen (secondary N) is 1. The van der Waals surface area contributed by atoms with Crippen LogP contribution in [-0.2, 0) is 11.2 Å². The molecule has 1 aromatic carbocycles. The van der Waals surface area contributed by atoms with Gasteiger partial charge in [0.25, 0.3) is 0 Å². The van der Waals surface area contributed by atoms with Gasteiger partial charge in [-0.15, -0.1) is 0 Å². The summed E-state index contributed by atoms with van der Waals surface area (Å²) in [6.45, 7) is 4.29. The molecule has 4 heteroatoms. The van der Waals surface area contributed by atoms with Crippen molar-refractivity contribution >= 4 is 11.8 Å². The second kappa shape index (κ2) is 7.04. The molecule has 24 heavy (non-hydrogen) atoms. The Labute approximate surface area is 142 Å². The van der Waals surface area contributed by atoms with Crippen molar-refractivity contribution in [1.82, 2.24) is 4.98 Å². The molecule has 1 aliphatic carbocycles. The molecule has 1 aromatic heterocycles. The molecule has 1 aliphatic rings. The molecule has 126 valence electrons. The highest BCUT2D eigenvalue weighted by molar-refractivity contribution is 6.03. The second-order valence-electron chi connectivity index (χ2n) is 6.41. The number of rotatable bonds is 5. The lowest BCUT2D eigenvalue weighted by Gasteiger charge is -2.22. The van der Waals surface area contributed by atoms with E-state index in [1.807, 2.05) is 25.1 Å². The van der Waals surface area contributed by atoms with Gasteiger partial charge in [0, 0.05) is 17.7 Å². The van der Waals surface area contributed by atoms with E-state index in [0.29, 0.717) is 24.3 Å². The number of hydrogen-bond acceptors (Lipinski definition) is 3. The summed E-state index contributed by atoms with van der Waals surface area (Å²) in [6, 6.07) is 10.1. The maximum absolute atomic E-state index is 12.6. The van der Waals surface area contributed by atoms with Crippen molar-refractivity contribution in [2.45, 2.75) is 45.4 Å². The van der Waals surface area contributed by atoms with Crippen LogP contribution in [0.25, 0.3) is 0 Å². The molecule has 1 N–H and O–H groups in total. The number of ketones is 1. The zero-order valence-corrected chi connectivity index (χ0v) is 14.2. The number of fused-ring (bicyclic) bond motifs is 1. The fraction of sp³-hybridized carbons (Fsp3) is 0.400. The van der Waals surface area contributed by atoms with Crippen LogP contribution in [0.3, 0.4) is 0 Å². The molecule has 0 saturated carbocycles. The normalized spacial score (nSPS) is 16.8. The molecule has 0 bridgehead atoms. The Hall–Kier alpha value is -2.36. The molecular weight excluding hydrogens is 302 g/mol. The smallest absolute Gasteiger partial charge is 0.355 e. The number of carbonyl (C=O) groups excluding carboxylic acids is 2.